The Morgan fingerprint density at radius 3 is 2.09 bits per heavy atom. The summed E-state index contributed by atoms with van der Waals surface area (Å²) in [6, 6.07) is 32.2. The fourth-order valence-corrected chi connectivity index (χ4v) is 4.06. The molecule has 0 aliphatic carbocycles. The lowest BCUT2D eigenvalue weighted by atomic mass is 10.0. The zero-order chi connectivity index (χ0) is 23.5. The minimum Gasteiger partial charge on any atom is -0.291 e. The third-order valence-electron chi connectivity index (χ3n) is 5.83. The highest BCUT2D eigenvalue weighted by atomic mass is 16.6. The van der Waals surface area contributed by atoms with E-state index in [-0.39, 0.29) is 16.6 Å². The van der Waals surface area contributed by atoms with Crippen molar-refractivity contribution in [3.05, 3.63) is 141 Å². The van der Waals surface area contributed by atoms with Gasteiger partial charge >= 0.3 is 0 Å². The summed E-state index contributed by atoms with van der Waals surface area (Å²) in [6.45, 7) is 0.321. The Labute approximate surface area is 195 Å². The average molecular weight is 447 g/mol. The van der Waals surface area contributed by atoms with Gasteiger partial charge in [0.15, 0.2) is 0 Å². The van der Waals surface area contributed by atoms with Gasteiger partial charge in [-0.05, 0) is 28.3 Å². The van der Waals surface area contributed by atoms with Crippen LogP contribution in [0.5, 0.6) is 0 Å². The Balaban J connectivity index is 1.58. The van der Waals surface area contributed by atoms with Gasteiger partial charge in [0, 0.05) is 18.6 Å². The predicted molar refractivity (Wildman–Crippen MR) is 133 cm³/mol. The number of rotatable bonds is 6. The Kier molecular flexibility index (Phi) is 5.70. The molecule has 0 spiro atoms. The van der Waals surface area contributed by atoms with Crippen molar-refractivity contribution in [2.75, 3.05) is 0 Å². The summed E-state index contributed by atoms with van der Waals surface area (Å²) in [5, 5.41) is 11.5. The maximum Gasteiger partial charge on any atom is 0.270 e. The SMILES string of the molecule is O=c1c2cc([N+](=O)[O-])ccc2nc(Cc2ccccc2)n1Cc1ccc(-c2ccccc2)cc1. The molecule has 1 heterocycles. The molecule has 0 bridgehead atoms. The predicted octanol–water partition coefficient (Wildman–Crippen LogP) is 5.61. The zero-order valence-electron chi connectivity index (χ0n) is 18.3. The molecule has 0 saturated heterocycles. The quantitative estimate of drug-likeness (QED) is 0.250. The molecule has 0 atom stereocenters. The van der Waals surface area contributed by atoms with Gasteiger partial charge in [-0.25, -0.2) is 4.98 Å². The first-order chi connectivity index (χ1) is 16.6. The molecule has 0 saturated carbocycles. The van der Waals surface area contributed by atoms with Crippen LogP contribution in [-0.4, -0.2) is 14.5 Å². The second-order valence-corrected chi connectivity index (χ2v) is 8.10. The summed E-state index contributed by atoms with van der Waals surface area (Å²) in [5.74, 6) is 0.615. The molecule has 1 aromatic heterocycles. The van der Waals surface area contributed by atoms with E-state index in [2.05, 4.69) is 12.1 Å². The van der Waals surface area contributed by atoms with Crippen molar-refractivity contribution in [3.8, 4) is 11.1 Å². The summed E-state index contributed by atoms with van der Waals surface area (Å²) in [4.78, 5) is 29.0. The fourth-order valence-electron chi connectivity index (χ4n) is 4.06. The van der Waals surface area contributed by atoms with E-state index in [0.29, 0.717) is 24.3 Å². The summed E-state index contributed by atoms with van der Waals surface area (Å²) in [7, 11) is 0. The van der Waals surface area contributed by atoms with Gasteiger partial charge in [-0.2, -0.15) is 0 Å². The highest BCUT2D eigenvalue weighted by Crippen LogP contribution is 2.21. The molecule has 0 aliphatic rings. The third-order valence-corrected chi connectivity index (χ3v) is 5.83. The number of nitro groups is 1. The van der Waals surface area contributed by atoms with E-state index in [4.69, 9.17) is 4.98 Å². The van der Waals surface area contributed by atoms with E-state index in [9.17, 15) is 14.9 Å². The van der Waals surface area contributed by atoms with E-state index < -0.39 is 4.92 Å². The summed E-state index contributed by atoms with van der Waals surface area (Å²) < 4.78 is 1.62. The van der Waals surface area contributed by atoms with Crippen molar-refractivity contribution >= 4 is 16.6 Å². The monoisotopic (exact) mass is 447 g/mol. The van der Waals surface area contributed by atoms with E-state index in [1.165, 1.54) is 12.1 Å². The van der Waals surface area contributed by atoms with Crippen LogP contribution in [0.2, 0.25) is 0 Å². The lowest BCUT2D eigenvalue weighted by molar-refractivity contribution is -0.384. The molecule has 4 aromatic carbocycles. The number of hydrogen-bond donors (Lipinski definition) is 0. The minimum atomic E-state index is -0.497. The number of nitro benzene ring substituents is 1. The highest BCUT2D eigenvalue weighted by Gasteiger charge is 2.16. The Bertz CT molecular complexity index is 1530. The minimum absolute atomic E-state index is 0.124. The maximum absolute atomic E-state index is 13.5. The largest absolute Gasteiger partial charge is 0.291 e. The molecule has 5 aromatic rings. The molecular weight excluding hydrogens is 426 g/mol. The maximum atomic E-state index is 13.5. The molecule has 0 N–H and O–H groups in total. The third kappa shape index (κ3) is 4.34. The number of aromatic nitrogens is 2. The van der Waals surface area contributed by atoms with Gasteiger partial charge in [-0.3, -0.25) is 19.5 Å². The van der Waals surface area contributed by atoms with Gasteiger partial charge in [0.05, 0.1) is 22.4 Å². The normalized spacial score (nSPS) is 10.9. The molecule has 0 fully saturated rings. The molecule has 6 nitrogen and oxygen atoms in total. The Hall–Kier alpha value is -4.58. The second kappa shape index (κ2) is 9.11. The first kappa shape index (κ1) is 21.3. The van der Waals surface area contributed by atoms with Gasteiger partial charge in [0.1, 0.15) is 5.82 Å². The van der Waals surface area contributed by atoms with Crippen LogP contribution in [0, 0.1) is 10.1 Å². The standard InChI is InChI=1S/C28H21N3O3/c32-28-25-18-24(31(33)34)15-16-26(25)29-27(17-20-7-3-1-4-8-20)30(28)19-21-11-13-23(14-12-21)22-9-5-2-6-10-22/h1-16,18H,17,19H2. The molecule has 5 rings (SSSR count). The number of fused-ring (bicyclic) bond motifs is 1. The van der Waals surface area contributed by atoms with Gasteiger partial charge in [0.25, 0.3) is 11.2 Å². The van der Waals surface area contributed by atoms with E-state index in [1.807, 2.05) is 72.8 Å². The molecule has 0 aliphatic heterocycles. The van der Waals surface area contributed by atoms with Crippen LogP contribution in [0.4, 0.5) is 5.69 Å². The van der Waals surface area contributed by atoms with Crippen molar-refractivity contribution in [1.82, 2.24) is 9.55 Å². The molecule has 34 heavy (non-hydrogen) atoms. The molecule has 0 radical (unpaired) electrons. The topological polar surface area (TPSA) is 78.0 Å². The summed E-state index contributed by atoms with van der Waals surface area (Å²) in [6.07, 6.45) is 0.477. The first-order valence-corrected chi connectivity index (χ1v) is 10.9. The van der Waals surface area contributed by atoms with E-state index in [0.717, 1.165) is 22.3 Å². The lowest BCUT2D eigenvalue weighted by Gasteiger charge is -2.14. The molecule has 0 amide bonds. The van der Waals surface area contributed by atoms with Crippen LogP contribution >= 0.6 is 0 Å². The van der Waals surface area contributed by atoms with Gasteiger partial charge in [-0.1, -0.05) is 84.9 Å². The van der Waals surface area contributed by atoms with Crippen molar-refractivity contribution in [2.45, 2.75) is 13.0 Å². The molecule has 166 valence electrons. The first-order valence-electron chi connectivity index (χ1n) is 10.9. The van der Waals surface area contributed by atoms with Crippen LogP contribution in [-0.2, 0) is 13.0 Å². The van der Waals surface area contributed by atoms with Crippen molar-refractivity contribution in [1.29, 1.82) is 0 Å². The van der Waals surface area contributed by atoms with Crippen LogP contribution < -0.4 is 5.56 Å². The number of nitrogens with zero attached hydrogens (tertiary/aromatic N) is 3. The number of non-ortho nitro benzene ring substituents is 1. The Morgan fingerprint density at radius 1 is 0.765 bits per heavy atom. The highest BCUT2D eigenvalue weighted by molar-refractivity contribution is 5.80. The summed E-state index contributed by atoms with van der Waals surface area (Å²) >= 11 is 0. The smallest absolute Gasteiger partial charge is 0.270 e. The van der Waals surface area contributed by atoms with Crippen molar-refractivity contribution in [3.63, 3.8) is 0 Å². The number of benzene rings is 4. The average Bonchev–Trinajstić information content (AvgIpc) is 2.87. The van der Waals surface area contributed by atoms with Crippen LogP contribution in [0.15, 0.2) is 108 Å². The van der Waals surface area contributed by atoms with Crippen LogP contribution in [0.3, 0.4) is 0 Å². The van der Waals surface area contributed by atoms with Gasteiger partial charge in [0.2, 0.25) is 0 Å². The lowest BCUT2D eigenvalue weighted by Crippen LogP contribution is -2.26. The van der Waals surface area contributed by atoms with Crippen LogP contribution in [0.1, 0.15) is 17.0 Å². The van der Waals surface area contributed by atoms with Crippen LogP contribution in [0.25, 0.3) is 22.0 Å². The van der Waals surface area contributed by atoms with Crippen molar-refractivity contribution < 1.29 is 4.92 Å². The second-order valence-electron chi connectivity index (χ2n) is 8.10. The number of hydrogen-bond acceptors (Lipinski definition) is 4. The van der Waals surface area contributed by atoms with E-state index in [1.54, 1.807) is 10.6 Å². The molecule has 6 heteroatoms. The summed E-state index contributed by atoms with van der Waals surface area (Å²) in [5.41, 5.74) is 4.24. The van der Waals surface area contributed by atoms with E-state index >= 15 is 0 Å². The molecular formula is C28H21N3O3. The van der Waals surface area contributed by atoms with Gasteiger partial charge in [-0.15, -0.1) is 0 Å². The zero-order valence-corrected chi connectivity index (χ0v) is 18.3. The van der Waals surface area contributed by atoms with Crippen molar-refractivity contribution in [2.24, 2.45) is 0 Å². The molecule has 0 unspecified atom stereocenters. The van der Waals surface area contributed by atoms with Gasteiger partial charge < -0.3 is 0 Å². The Morgan fingerprint density at radius 2 is 1.41 bits per heavy atom. The fraction of sp³-hybridized carbons (Fsp3) is 0.0714.